The van der Waals surface area contributed by atoms with Gasteiger partial charge in [-0.05, 0) is 114 Å². The minimum atomic E-state index is -1.27. The molecule has 2 aromatic rings. The second kappa shape index (κ2) is 14.4. The summed E-state index contributed by atoms with van der Waals surface area (Å²) in [5.74, 6) is -5.42. The molecule has 2 aromatic carbocycles. The van der Waals surface area contributed by atoms with Gasteiger partial charge in [0.05, 0.1) is 0 Å². The fourth-order valence-corrected chi connectivity index (χ4v) is 7.22. The number of benzene rings is 2. The van der Waals surface area contributed by atoms with E-state index < -0.39 is 46.4 Å². The van der Waals surface area contributed by atoms with Crippen molar-refractivity contribution < 1.29 is 36.6 Å². The third-order valence-corrected chi connectivity index (χ3v) is 9.22. The van der Waals surface area contributed by atoms with Crippen LogP contribution >= 0.6 is 0 Å². The van der Waals surface area contributed by atoms with Gasteiger partial charge < -0.3 is 19.3 Å². The van der Waals surface area contributed by atoms with Crippen molar-refractivity contribution in [3.63, 3.8) is 0 Å². The normalized spacial score (nSPS) is 25.7. The summed E-state index contributed by atoms with van der Waals surface area (Å²) in [5, 5.41) is 0. The molecule has 0 heterocycles. The maximum Gasteiger partial charge on any atom is 0.418 e. The second-order valence-electron chi connectivity index (χ2n) is 13.1. The highest BCUT2D eigenvalue weighted by molar-refractivity contribution is 6.30. The molecular weight excluding hydrogens is 576 g/mol. The van der Waals surface area contributed by atoms with Gasteiger partial charge in [0.15, 0.2) is 0 Å². The molecule has 0 aromatic heterocycles. The molecule has 2 fully saturated rings. The smallest absolute Gasteiger partial charge is 0.418 e. The summed E-state index contributed by atoms with van der Waals surface area (Å²) in [6.45, 7) is 1.01. The predicted octanol–water partition coefficient (Wildman–Crippen LogP) is 6.10. The van der Waals surface area contributed by atoms with E-state index in [0.29, 0.717) is 51.6 Å². The number of hydrogen-bond donors (Lipinski definition) is 0. The van der Waals surface area contributed by atoms with Crippen molar-refractivity contribution >= 4 is 11.9 Å². The maximum absolute atomic E-state index is 14.9. The number of hydrogen-bond acceptors (Lipinski definition) is 6. The molecule has 0 aliphatic heterocycles. The van der Waals surface area contributed by atoms with Crippen LogP contribution in [0.2, 0.25) is 0 Å². The lowest BCUT2D eigenvalue weighted by Gasteiger charge is -2.46. The first kappa shape index (κ1) is 33.9. The van der Waals surface area contributed by atoms with Gasteiger partial charge in [0.2, 0.25) is 0 Å². The summed E-state index contributed by atoms with van der Waals surface area (Å²) in [6, 6.07) is 6.34. The summed E-state index contributed by atoms with van der Waals surface area (Å²) in [4.78, 5) is 31.3. The molecule has 2 aliphatic carbocycles. The van der Waals surface area contributed by atoms with Gasteiger partial charge in [-0.15, -0.1) is 0 Å². The van der Waals surface area contributed by atoms with Gasteiger partial charge in [-0.2, -0.15) is 0 Å². The number of ether oxygens (including phenoxy) is 2. The summed E-state index contributed by atoms with van der Waals surface area (Å²) in [5.41, 5.74) is -2.42. The molecule has 4 atom stereocenters. The van der Waals surface area contributed by atoms with Crippen LogP contribution in [0, 0.1) is 35.1 Å². The third-order valence-electron chi connectivity index (χ3n) is 9.22. The molecule has 2 saturated carbocycles. The predicted molar refractivity (Wildman–Crippen MR) is 159 cm³/mol. The Kier molecular flexibility index (Phi) is 11.1. The van der Waals surface area contributed by atoms with E-state index in [0.717, 1.165) is 49.2 Å². The van der Waals surface area contributed by atoms with Gasteiger partial charge >= 0.3 is 11.9 Å². The quantitative estimate of drug-likeness (QED) is 0.182. The Morgan fingerprint density at radius 3 is 1.43 bits per heavy atom. The zero-order chi connectivity index (χ0) is 32.1. The average molecular weight is 621 g/mol. The molecule has 0 radical (unpaired) electrons. The molecule has 10 heteroatoms. The summed E-state index contributed by atoms with van der Waals surface area (Å²) in [6.07, 6.45) is 4.95. The first-order valence-electron chi connectivity index (χ1n) is 15.5. The van der Waals surface area contributed by atoms with E-state index in [9.17, 15) is 27.2 Å². The highest BCUT2D eigenvalue weighted by Gasteiger charge is 2.49. The Labute approximate surface area is 257 Å². The monoisotopic (exact) mass is 620 g/mol. The van der Waals surface area contributed by atoms with Crippen LogP contribution in [0.25, 0.3) is 0 Å². The van der Waals surface area contributed by atoms with E-state index in [1.54, 1.807) is 0 Å². The molecule has 0 amide bonds. The largest absolute Gasteiger partial charge is 0.450 e. The van der Waals surface area contributed by atoms with Crippen molar-refractivity contribution in [2.45, 2.75) is 75.4 Å². The van der Waals surface area contributed by atoms with Gasteiger partial charge in [0.25, 0.3) is 0 Å². The topological polar surface area (TPSA) is 59.1 Å². The molecule has 0 saturated heterocycles. The first-order valence-corrected chi connectivity index (χ1v) is 15.5. The number of nitrogens with zero attached hydrogens (tertiary/aromatic N) is 2. The fourth-order valence-electron chi connectivity index (χ4n) is 7.22. The summed E-state index contributed by atoms with van der Waals surface area (Å²) < 4.78 is 70.3. The summed E-state index contributed by atoms with van der Waals surface area (Å²) in [7, 11) is 7.51. The molecule has 4 unspecified atom stereocenters. The Morgan fingerprint density at radius 1 is 0.682 bits per heavy atom. The van der Waals surface area contributed by atoms with Crippen LogP contribution < -0.4 is 0 Å². The van der Waals surface area contributed by atoms with E-state index in [1.807, 2.05) is 38.0 Å². The zero-order valence-electron chi connectivity index (χ0n) is 26.1. The van der Waals surface area contributed by atoms with Crippen molar-refractivity contribution in [2.75, 3.05) is 41.3 Å². The lowest BCUT2D eigenvalue weighted by atomic mass is 9.71. The Balaban J connectivity index is 1.67. The van der Waals surface area contributed by atoms with E-state index in [-0.39, 0.29) is 35.8 Å². The maximum atomic E-state index is 14.9. The number of carbonyl (C=O) groups is 2. The van der Waals surface area contributed by atoms with E-state index in [1.165, 1.54) is 0 Å². The molecular formula is C34H44F4N2O4. The summed E-state index contributed by atoms with van der Waals surface area (Å²) >= 11 is 0. The zero-order valence-corrected chi connectivity index (χ0v) is 26.1. The number of carbonyl (C=O) groups excluding carboxylic acids is 2. The van der Waals surface area contributed by atoms with E-state index in [4.69, 9.17) is 9.47 Å². The van der Waals surface area contributed by atoms with Crippen molar-refractivity contribution in [3.05, 3.63) is 70.8 Å². The number of esters is 2. The molecule has 0 spiro atoms. The Morgan fingerprint density at radius 2 is 1.07 bits per heavy atom. The van der Waals surface area contributed by atoms with Crippen LogP contribution in [-0.2, 0) is 31.9 Å². The van der Waals surface area contributed by atoms with Crippen molar-refractivity contribution in [3.8, 4) is 0 Å². The molecule has 0 N–H and O–H groups in total. The van der Waals surface area contributed by atoms with E-state index in [2.05, 4.69) is 0 Å². The van der Waals surface area contributed by atoms with Crippen molar-refractivity contribution in [1.82, 2.24) is 9.80 Å². The van der Waals surface area contributed by atoms with Crippen molar-refractivity contribution in [2.24, 2.45) is 11.8 Å². The fraction of sp³-hybridized carbons (Fsp3) is 0.588. The van der Waals surface area contributed by atoms with Crippen LogP contribution in [0.1, 0.15) is 62.5 Å². The van der Waals surface area contributed by atoms with Crippen LogP contribution in [-0.4, -0.2) is 74.2 Å². The molecule has 242 valence electrons. The van der Waals surface area contributed by atoms with Crippen LogP contribution in [0.4, 0.5) is 17.6 Å². The van der Waals surface area contributed by atoms with Crippen molar-refractivity contribution in [1.29, 1.82) is 0 Å². The van der Waals surface area contributed by atoms with Crippen LogP contribution in [0.3, 0.4) is 0 Å². The standard InChI is InChI=1S/C34H44F4N2O4/c1-39(2)21-25-9-5-7-15-33(25,19-23-17-27(35)11-13-29(23)37)43-31(41)32(42)44-34(16-8-6-10-26(34)22-40(3)4)20-24-18-28(36)12-14-30(24)38/h11-14,17-18,25-26H,5-10,15-16,19-22H2,1-4H3. The lowest BCUT2D eigenvalue weighted by molar-refractivity contribution is -0.198. The minimum absolute atomic E-state index is 0.0631. The molecule has 0 bridgehead atoms. The van der Waals surface area contributed by atoms with Gasteiger partial charge in [-0.1, -0.05) is 12.8 Å². The molecule has 4 rings (SSSR count). The van der Waals surface area contributed by atoms with Gasteiger partial charge in [-0.25, -0.2) is 27.2 Å². The van der Waals surface area contributed by atoms with Gasteiger partial charge in [0.1, 0.15) is 34.5 Å². The highest BCUT2D eigenvalue weighted by atomic mass is 19.1. The van der Waals surface area contributed by atoms with E-state index >= 15 is 0 Å². The molecule has 44 heavy (non-hydrogen) atoms. The Hall–Kier alpha value is -2.98. The Bertz CT molecular complexity index is 1220. The molecule has 2 aliphatic rings. The minimum Gasteiger partial charge on any atom is -0.450 e. The van der Waals surface area contributed by atoms with Gasteiger partial charge in [0, 0.05) is 37.8 Å². The van der Waals surface area contributed by atoms with Crippen LogP contribution in [0.15, 0.2) is 36.4 Å². The average Bonchev–Trinajstić information content (AvgIpc) is 2.95. The van der Waals surface area contributed by atoms with Gasteiger partial charge in [-0.3, -0.25) is 0 Å². The number of rotatable bonds is 10. The SMILES string of the molecule is CN(C)CC1CCCCC1(Cc1cc(F)ccc1F)OC(=O)C(=O)OC1(Cc2cc(F)ccc2F)CCCCC1CN(C)C. The lowest BCUT2D eigenvalue weighted by Crippen LogP contribution is -2.54. The highest BCUT2D eigenvalue weighted by Crippen LogP contribution is 2.43. The first-order chi connectivity index (χ1) is 20.8. The second-order valence-corrected chi connectivity index (χ2v) is 13.1. The molecule has 6 nitrogen and oxygen atoms in total. The number of halogens is 4. The van der Waals surface area contributed by atoms with Crippen LogP contribution in [0.5, 0.6) is 0 Å². The third kappa shape index (κ3) is 8.18.